The van der Waals surface area contributed by atoms with Gasteiger partial charge in [-0.2, -0.15) is 0 Å². The van der Waals surface area contributed by atoms with E-state index in [1.807, 2.05) is 48.5 Å². The Kier molecular flexibility index (Phi) is 6.15. The monoisotopic (exact) mass is 317 g/mol. The molecule has 0 aliphatic rings. The van der Waals surface area contributed by atoms with Gasteiger partial charge in [0.15, 0.2) is 0 Å². The highest BCUT2D eigenvalue weighted by Crippen LogP contribution is 2.21. The molecule has 22 heavy (non-hydrogen) atoms. The fourth-order valence-electron chi connectivity index (χ4n) is 1.83. The third kappa shape index (κ3) is 5.33. The summed E-state index contributed by atoms with van der Waals surface area (Å²) in [7, 11) is 1.64. The summed E-state index contributed by atoms with van der Waals surface area (Å²) in [6.07, 6.45) is 0. The lowest BCUT2D eigenvalue weighted by atomic mass is 10.3. The zero-order valence-corrected chi connectivity index (χ0v) is 13.5. The molecule has 116 valence electrons. The molecule has 5 heteroatoms. The number of carbonyl (C=O) groups excluding carboxylic acids is 1. The smallest absolute Gasteiger partial charge is 0.221 e. The van der Waals surface area contributed by atoms with Gasteiger partial charge in [0.2, 0.25) is 5.91 Å². The fraction of sp³-hybridized carbons (Fsp3) is 0.235. The quantitative estimate of drug-likeness (QED) is 0.623. The van der Waals surface area contributed by atoms with Crippen LogP contribution in [0.4, 0.5) is 5.69 Å². The maximum Gasteiger partial charge on any atom is 0.221 e. The first-order chi connectivity index (χ1) is 10.7. The Morgan fingerprint density at radius 1 is 1.05 bits per heavy atom. The lowest BCUT2D eigenvalue weighted by Gasteiger charge is -2.07. The first kappa shape index (κ1) is 16.2. The average Bonchev–Trinajstić information content (AvgIpc) is 2.53. The topological polar surface area (TPSA) is 47.6 Å². The molecule has 0 heterocycles. The number of hydrogen-bond donors (Lipinski definition) is 1. The van der Waals surface area contributed by atoms with Crippen LogP contribution in [0.25, 0.3) is 0 Å². The second-order valence-electron chi connectivity index (χ2n) is 4.58. The first-order valence-corrected chi connectivity index (χ1v) is 7.93. The summed E-state index contributed by atoms with van der Waals surface area (Å²) in [5.74, 6) is 2.45. The summed E-state index contributed by atoms with van der Waals surface area (Å²) in [6, 6.07) is 15.3. The van der Waals surface area contributed by atoms with Crippen LogP contribution in [0.15, 0.2) is 53.4 Å². The normalized spacial score (nSPS) is 10.1. The summed E-state index contributed by atoms with van der Waals surface area (Å²) in [5.41, 5.74) is 0.811. The molecule has 1 N–H and O–H groups in total. The molecule has 1 amide bonds. The van der Waals surface area contributed by atoms with Crippen molar-refractivity contribution < 1.29 is 14.3 Å². The van der Waals surface area contributed by atoms with Crippen molar-refractivity contribution in [2.75, 3.05) is 24.8 Å². The standard InChI is InChI=1S/C17H19NO3S/c1-13(19)18-14-3-9-17(10-4-14)22-12-11-21-16-7-5-15(20-2)6-8-16/h3-10H,11-12H2,1-2H3,(H,18,19). The Morgan fingerprint density at radius 2 is 1.68 bits per heavy atom. The molecule has 0 spiro atoms. The van der Waals surface area contributed by atoms with Crippen molar-refractivity contribution in [2.45, 2.75) is 11.8 Å². The molecule has 0 aromatic heterocycles. The van der Waals surface area contributed by atoms with Crippen molar-refractivity contribution in [3.8, 4) is 11.5 Å². The number of benzene rings is 2. The molecule has 0 aliphatic heterocycles. The zero-order valence-electron chi connectivity index (χ0n) is 12.7. The van der Waals surface area contributed by atoms with Gasteiger partial charge >= 0.3 is 0 Å². The highest BCUT2D eigenvalue weighted by atomic mass is 32.2. The van der Waals surface area contributed by atoms with Crippen LogP contribution < -0.4 is 14.8 Å². The molecule has 4 nitrogen and oxygen atoms in total. The lowest BCUT2D eigenvalue weighted by molar-refractivity contribution is -0.114. The van der Waals surface area contributed by atoms with Crippen LogP contribution in [0, 0.1) is 0 Å². The van der Waals surface area contributed by atoms with Crippen molar-refractivity contribution in [1.82, 2.24) is 0 Å². The van der Waals surface area contributed by atoms with Crippen molar-refractivity contribution in [1.29, 1.82) is 0 Å². The van der Waals surface area contributed by atoms with Crippen LogP contribution in [0.2, 0.25) is 0 Å². The number of ether oxygens (including phenoxy) is 2. The lowest BCUT2D eigenvalue weighted by Crippen LogP contribution is -2.05. The van der Waals surface area contributed by atoms with Crippen LogP contribution in [-0.4, -0.2) is 25.4 Å². The second-order valence-corrected chi connectivity index (χ2v) is 5.75. The van der Waals surface area contributed by atoms with Gasteiger partial charge < -0.3 is 14.8 Å². The molecular weight excluding hydrogens is 298 g/mol. The third-order valence-electron chi connectivity index (χ3n) is 2.85. The molecule has 0 saturated carbocycles. The maximum atomic E-state index is 10.9. The molecule has 2 aromatic carbocycles. The van der Waals surface area contributed by atoms with E-state index in [4.69, 9.17) is 9.47 Å². The number of hydrogen-bond acceptors (Lipinski definition) is 4. The van der Waals surface area contributed by atoms with Gasteiger partial charge in [0.05, 0.1) is 13.7 Å². The number of thioether (sulfide) groups is 1. The molecule has 0 fully saturated rings. The molecular formula is C17H19NO3S. The highest BCUT2D eigenvalue weighted by molar-refractivity contribution is 7.99. The van der Waals surface area contributed by atoms with Gasteiger partial charge in [0.1, 0.15) is 11.5 Å². The number of amides is 1. The van der Waals surface area contributed by atoms with Crippen LogP contribution in [0.5, 0.6) is 11.5 Å². The average molecular weight is 317 g/mol. The molecule has 0 atom stereocenters. The van der Waals surface area contributed by atoms with Crippen molar-refractivity contribution >= 4 is 23.4 Å². The van der Waals surface area contributed by atoms with E-state index in [9.17, 15) is 4.79 Å². The Balaban J connectivity index is 1.72. The minimum atomic E-state index is -0.0618. The number of methoxy groups -OCH3 is 1. The molecule has 2 aromatic rings. The van der Waals surface area contributed by atoms with Crippen LogP contribution in [-0.2, 0) is 4.79 Å². The van der Waals surface area contributed by atoms with Gasteiger partial charge in [-0.3, -0.25) is 4.79 Å². The maximum absolute atomic E-state index is 10.9. The summed E-state index contributed by atoms with van der Waals surface area (Å²) in [4.78, 5) is 12.1. The largest absolute Gasteiger partial charge is 0.497 e. The van der Waals surface area contributed by atoms with E-state index in [-0.39, 0.29) is 5.91 Å². The predicted molar refractivity (Wildman–Crippen MR) is 90.0 cm³/mol. The minimum Gasteiger partial charge on any atom is -0.497 e. The summed E-state index contributed by atoms with van der Waals surface area (Å²) in [6.45, 7) is 2.13. The molecule has 0 aliphatic carbocycles. The summed E-state index contributed by atoms with van der Waals surface area (Å²) in [5, 5.41) is 2.75. The van der Waals surface area contributed by atoms with Gasteiger partial charge in [0.25, 0.3) is 0 Å². The molecule has 0 saturated heterocycles. The third-order valence-corrected chi connectivity index (χ3v) is 3.83. The number of anilines is 1. The highest BCUT2D eigenvalue weighted by Gasteiger charge is 1.99. The fourth-order valence-corrected chi connectivity index (χ4v) is 2.56. The van der Waals surface area contributed by atoms with E-state index in [2.05, 4.69) is 5.32 Å². The first-order valence-electron chi connectivity index (χ1n) is 6.94. The molecule has 0 unspecified atom stereocenters. The second kappa shape index (κ2) is 8.34. The number of rotatable bonds is 7. The molecule has 0 radical (unpaired) electrons. The van der Waals surface area contributed by atoms with Gasteiger partial charge in [-0.15, -0.1) is 11.8 Å². The van der Waals surface area contributed by atoms with Gasteiger partial charge in [-0.05, 0) is 48.5 Å². The van der Waals surface area contributed by atoms with E-state index in [1.54, 1.807) is 18.9 Å². The Labute approximate surface area is 134 Å². The summed E-state index contributed by atoms with van der Waals surface area (Å²) >= 11 is 1.71. The van der Waals surface area contributed by atoms with E-state index in [0.29, 0.717) is 6.61 Å². The van der Waals surface area contributed by atoms with Crippen LogP contribution >= 0.6 is 11.8 Å². The SMILES string of the molecule is COc1ccc(OCCSc2ccc(NC(C)=O)cc2)cc1. The van der Waals surface area contributed by atoms with Crippen molar-refractivity contribution in [3.63, 3.8) is 0 Å². The van der Waals surface area contributed by atoms with E-state index in [1.165, 1.54) is 6.92 Å². The zero-order chi connectivity index (χ0) is 15.8. The van der Waals surface area contributed by atoms with E-state index < -0.39 is 0 Å². The predicted octanol–water partition coefficient (Wildman–Crippen LogP) is 3.82. The van der Waals surface area contributed by atoms with Gasteiger partial charge in [0, 0.05) is 23.3 Å². The van der Waals surface area contributed by atoms with Crippen molar-refractivity contribution in [3.05, 3.63) is 48.5 Å². The van der Waals surface area contributed by atoms with Crippen molar-refractivity contribution in [2.24, 2.45) is 0 Å². The van der Waals surface area contributed by atoms with Gasteiger partial charge in [-0.25, -0.2) is 0 Å². The Morgan fingerprint density at radius 3 is 2.27 bits per heavy atom. The van der Waals surface area contributed by atoms with Crippen LogP contribution in [0.1, 0.15) is 6.92 Å². The number of carbonyl (C=O) groups is 1. The van der Waals surface area contributed by atoms with Gasteiger partial charge in [-0.1, -0.05) is 0 Å². The van der Waals surface area contributed by atoms with E-state index >= 15 is 0 Å². The Hall–Kier alpha value is -2.14. The Bertz CT molecular complexity index is 596. The molecule has 2 rings (SSSR count). The van der Waals surface area contributed by atoms with E-state index in [0.717, 1.165) is 27.8 Å². The molecule has 0 bridgehead atoms. The van der Waals surface area contributed by atoms with Crippen LogP contribution in [0.3, 0.4) is 0 Å². The summed E-state index contributed by atoms with van der Waals surface area (Å²) < 4.78 is 10.8. The number of nitrogens with one attached hydrogen (secondary N) is 1. The minimum absolute atomic E-state index is 0.0618.